The largest absolute Gasteiger partial charge is 0.506 e. The van der Waals surface area contributed by atoms with E-state index >= 15 is 0 Å². The Morgan fingerprint density at radius 1 is 1.33 bits per heavy atom. The molecule has 0 atom stereocenters. The van der Waals surface area contributed by atoms with E-state index in [2.05, 4.69) is 0 Å². The van der Waals surface area contributed by atoms with Gasteiger partial charge in [-0.05, 0) is 37.8 Å². The third-order valence-electron chi connectivity index (χ3n) is 3.08. The van der Waals surface area contributed by atoms with E-state index in [4.69, 9.17) is 11.6 Å². The minimum atomic E-state index is -0.596. The fraction of sp³-hybridized carbons (Fsp3) is 0.500. The van der Waals surface area contributed by atoms with Gasteiger partial charge in [0.15, 0.2) is 0 Å². The summed E-state index contributed by atoms with van der Waals surface area (Å²) in [4.78, 5) is 0. The monoisotopic (exact) mass is 226 g/mol. The summed E-state index contributed by atoms with van der Waals surface area (Å²) in [6.45, 7) is 3.80. The Labute approximate surface area is 94.5 Å². The topological polar surface area (TPSA) is 40.5 Å². The van der Waals surface area contributed by atoms with E-state index < -0.39 is 5.60 Å². The zero-order valence-corrected chi connectivity index (χ0v) is 9.73. The van der Waals surface area contributed by atoms with Gasteiger partial charge in [0.25, 0.3) is 0 Å². The summed E-state index contributed by atoms with van der Waals surface area (Å²) in [5.74, 6) is 0.134. The lowest BCUT2D eigenvalue weighted by atomic mass is 9.98. The Morgan fingerprint density at radius 2 is 1.93 bits per heavy atom. The normalized spacial score (nSPS) is 17.9. The van der Waals surface area contributed by atoms with Crippen molar-refractivity contribution in [2.75, 3.05) is 0 Å². The van der Waals surface area contributed by atoms with Crippen LogP contribution in [0.5, 0.6) is 5.75 Å². The number of hydrogen-bond donors (Lipinski definition) is 2. The van der Waals surface area contributed by atoms with E-state index in [-0.39, 0.29) is 5.75 Å². The molecule has 2 N–H and O–H groups in total. The molecule has 0 unspecified atom stereocenters. The van der Waals surface area contributed by atoms with Gasteiger partial charge in [0.1, 0.15) is 5.75 Å². The van der Waals surface area contributed by atoms with Crippen molar-refractivity contribution in [3.05, 3.63) is 27.8 Å². The molecule has 0 radical (unpaired) electrons. The predicted octanol–water partition coefficient (Wildman–Crippen LogP) is 2.73. The lowest BCUT2D eigenvalue weighted by molar-refractivity contribution is 0.149. The number of halogens is 1. The molecule has 0 bridgehead atoms. The lowest BCUT2D eigenvalue weighted by Gasteiger charge is -2.14. The molecule has 1 aromatic carbocycles. The molecule has 0 aliphatic heterocycles. The Hall–Kier alpha value is -0.730. The number of phenols is 1. The van der Waals surface area contributed by atoms with Crippen molar-refractivity contribution < 1.29 is 10.2 Å². The van der Waals surface area contributed by atoms with Crippen LogP contribution in [0.4, 0.5) is 0 Å². The smallest absolute Gasteiger partial charge is 0.137 e. The third-order valence-corrected chi connectivity index (χ3v) is 3.56. The van der Waals surface area contributed by atoms with E-state index in [1.165, 1.54) is 0 Å². The van der Waals surface area contributed by atoms with Gasteiger partial charge in [-0.25, -0.2) is 0 Å². The summed E-state index contributed by atoms with van der Waals surface area (Å²) in [7, 11) is 0. The van der Waals surface area contributed by atoms with Crippen LogP contribution in [0, 0.1) is 13.8 Å². The van der Waals surface area contributed by atoms with Crippen LogP contribution in [0.25, 0.3) is 0 Å². The van der Waals surface area contributed by atoms with E-state index in [0.717, 1.165) is 29.5 Å². The highest BCUT2D eigenvalue weighted by molar-refractivity contribution is 6.32. The van der Waals surface area contributed by atoms with Gasteiger partial charge >= 0.3 is 0 Å². The Balaban J connectivity index is 2.41. The Morgan fingerprint density at radius 3 is 2.47 bits per heavy atom. The van der Waals surface area contributed by atoms with Gasteiger partial charge < -0.3 is 10.2 Å². The van der Waals surface area contributed by atoms with Crippen molar-refractivity contribution in [3.8, 4) is 5.75 Å². The molecule has 1 fully saturated rings. The summed E-state index contributed by atoms with van der Waals surface area (Å²) < 4.78 is 0. The minimum absolute atomic E-state index is 0.134. The SMILES string of the molecule is Cc1cc(C)c(CC2(O)CC2)c(O)c1Cl. The maximum Gasteiger partial charge on any atom is 0.137 e. The van der Waals surface area contributed by atoms with Crippen molar-refractivity contribution in [2.24, 2.45) is 0 Å². The number of phenolic OH excluding ortho intramolecular Hbond substituents is 1. The number of rotatable bonds is 2. The molecule has 1 aliphatic carbocycles. The number of aromatic hydroxyl groups is 1. The van der Waals surface area contributed by atoms with Gasteiger partial charge in [-0.3, -0.25) is 0 Å². The van der Waals surface area contributed by atoms with Crippen LogP contribution in [0.3, 0.4) is 0 Å². The standard InChI is InChI=1S/C12H15ClO2/c1-7-5-8(2)10(13)11(14)9(7)6-12(15)3-4-12/h5,14-15H,3-4,6H2,1-2H3. The number of hydrogen-bond acceptors (Lipinski definition) is 2. The second-order valence-corrected chi connectivity index (χ2v) is 4.93. The molecule has 1 aliphatic rings. The summed E-state index contributed by atoms with van der Waals surface area (Å²) in [5, 5.41) is 20.1. The van der Waals surface area contributed by atoms with Crippen LogP contribution in [0.15, 0.2) is 6.07 Å². The van der Waals surface area contributed by atoms with Crippen LogP contribution in [-0.2, 0) is 6.42 Å². The molecule has 0 aromatic heterocycles. The summed E-state index contributed by atoms with van der Waals surface area (Å²) in [6.07, 6.45) is 2.14. The van der Waals surface area contributed by atoms with Crippen LogP contribution in [0.1, 0.15) is 29.5 Å². The average Bonchev–Trinajstić information content (AvgIpc) is 2.89. The summed E-state index contributed by atoms with van der Waals surface area (Å²) >= 11 is 5.97. The first kappa shape index (κ1) is 10.8. The molecule has 2 nitrogen and oxygen atoms in total. The zero-order valence-electron chi connectivity index (χ0n) is 8.97. The van der Waals surface area contributed by atoms with Crippen LogP contribution >= 0.6 is 11.6 Å². The average molecular weight is 227 g/mol. The van der Waals surface area contributed by atoms with Crippen molar-refractivity contribution >= 4 is 11.6 Å². The Bertz CT molecular complexity index is 409. The van der Waals surface area contributed by atoms with Crippen molar-refractivity contribution in [3.63, 3.8) is 0 Å². The molecule has 0 amide bonds. The molecule has 15 heavy (non-hydrogen) atoms. The highest BCUT2D eigenvalue weighted by atomic mass is 35.5. The molecule has 0 saturated heterocycles. The minimum Gasteiger partial charge on any atom is -0.506 e. The highest BCUT2D eigenvalue weighted by Crippen LogP contribution is 2.43. The van der Waals surface area contributed by atoms with E-state index in [0.29, 0.717) is 11.4 Å². The fourth-order valence-corrected chi connectivity index (χ4v) is 2.02. The third kappa shape index (κ3) is 1.97. The summed E-state index contributed by atoms with van der Waals surface area (Å²) in [5.41, 5.74) is 2.06. The molecular formula is C12H15ClO2. The highest BCUT2D eigenvalue weighted by Gasteiger charge is 2.41. The fourth-order valence-electron chi connectivity index (χ4n) is 1.85. The first-order valence-electron chi connectivity index (χ1n) is 5.13. The Kier molecular flexibility index (Phi) is 2.44. The maximum absolute atomic E-state index is 9.91. The van der Waals surface area contributed by atoms with E-state index in [1.807, 2.05) is 19.9 Å². The molecule has 1 aromatic rings. The number of aliphatic hydroxyl groups is 1. The molecule has 82 valence electrons. The molecule has 3 heteroatoms. The first-order valence-corrected chi connectivity index (χ1v) is 5.51. The van der Waals surface area contributed by atoms with Gasteiger partial charge in [0, 0.05) is 12.0 Å². The molecule has 1 saturated carbocycles. The van der Waals surface area contributed by atoms with Gasteiger partial charge in [0.2, 0.25) is 0 Å². The van der Waals surface area contributed by atoms with Gasteiger partial charge in [0.05, 0.1) is 10.6 Å². The van der Waals surface area contributed by atoms with Gasteiger partial charge in [-0.1, -0.05) is 17.7 Å². The quantitative estimate of drug-likeness (QED) is 0.814. The predicted molar refractivity (Wildman–Crippen MR) is 60.5 cm³/mol. The zero-order chi connectivity index (χ0) is 11.2. The van der Waals surface area contributed by atoms with Crippen molar-refractivity contribution in [1.29, 1.82) is 0 Å². The second kappa shape index (κ2) is 3.39. The lowest BCUT2D eigenvalue weighted by Crippen LogP contribution is -2.12. The van der Waals surface area contributed by atoms with Crippen LogP contribution in [-0.4, -0.2) is 15.8 Å². The van der Waals surface area contributed by atoms with Crippen molar-refractivity contribution in [2.45, 2.75) is 38.7 Å². The number of benzene rings is 1. The molecule has 2 rings (SSSR count). The molecular weight excluding hydrogens is 212 g/mol. The van der Waals surface area contributed by atoms with E-state index in [1.54, 1.807) is 0 Å². The van der Waals surface area contributed by atoms with Crippen LogP contribution in [0.2, 0.25) is 5.02 Å². The van der Waals surface area contributed by atoms with E-state index in [9.17, 15) is 10.2 Å². The first-order chi connectivity index (χ1) is 6.93. The number of aryl methyl sites for hydroxylation is 2. The molecule has 0 spiro atoms. The van der Waals surface area contributed by atoms with Crippen LogP contribution < -0.4 is 0 Å². The second-order valence-electron chi connectivity index (χ2n) is 4.55. The van der Waals surface area contributed by atoms with Gasteiger partial charge in [-0.2, -0.15) is 0 Å². The summed E-state index contributed by atoms with van der Waals surface area (Å²) in [6, 6.07) is 1.95. The van der Waals surface area contributed by atoms with Gasteiger partial charge in [-0.15, -0.1) is 0 Å². The molecule has 0 heterocycles. The maximum atomic E-state index is 9.91. The van der Waals surface area contributed by atoms with Crippen molar-refractivity contribution in [1.82, 2.24) is 0 Å².